The molecule has 0 aliphatic heterocycles. The molecule has 0 aliphatic carbocycles. The topological polar surface area (TPSA) is 122 Å². The van der Waals surface area contributed by atoms with Crippen LogP contribution in [0.15, 0.2) is 63.6 Å². The largest absolute Gasteiger partial charge is 0.422 e. The van der Waals surface area contributed by atoms with Gasteiger partial charge in [0.25, 0.3) is 5.89 Å². The van der Waals surface area contributed by atoms with Gasteiger partial charge in [-0.1, -0.05) is 64.9 Å². The predicted molar refractivity (Wildman–Crippen MR) is 126 cm³/mol. The standard InChI is InChI=1S/C26H24F3N3O5/c1-25(2,35)14-6-9-18(33)21(34)16-10-12-17(13-11-16)23-30-24(37-32-23)22-19(26(27,28)29)20(31-36-22)15-7-4-3-5-8-15/h3-5,7-8,10-13,21,34-35H,6,9,14H2,1-2H3. The van der Waals surface area contributed by atoms with E-state index in [1.807, 2.05) is 0 Å². The lowest BCUT2D eigenvalue weighted by Crippen LogP contribution is -2.19. The van der Waals surface area contributed by atoms with E-state index in [-0.39, 0.29) is 17.8 Å². The molecule has 0 fully saturated rings. The number of hydrogen-bond donors (Lipinski definition) is 2. The average molecular weight is 515 g/mol. The molecule has 0 radical (unpaired) electrons. The minimum atomic E-state index is -4.80. The van der Waals surface area contributed by atoms with Gasteiger partial charge in [-0.25, -0.2) is 0 Å². The SMILES string of the molecule is CC(C)(O)CCCC(=O)C(O)c1ccc(-c2noc(-c3onc(-c4ccccc4)c3C(F)(F)F)n2)cc1. The zero-order valence-electron chi connectivity index (χ0n) is 20.0. The fourth-order valence-electron chi connectivity index (χ4n) is 3.76. The molecule has 2 heterocycles. The second-order valence-electron chi connectivity index (χ2n) is 9.18. The quantitative estimate of drug-likeness (QED) is 0.294. The Bertz CT molecular complexity index is 1360. The third-order valence-corrected chi connectivity index (χ3v) is 5.64. The zero-order valence-corrected chi connectivity index (χ0v) is 20.0. The molecule has 8 nitrogen and oxygen atoms in total. The Labute approximate surface area is 209 Å². The lowest BCUT2D eigenvalue weighted by atomic mass is 9.96. The number of ketones is 1. The van der Waals surface area contributed by atoms with Gasteiger partial charge in [0.15, 0.2) is 5.78 Å². The molecule has 4 rings (SSSR count). The molecule has 1 unspecified atom stereocenters. The summed E-state index contributed by atoms with van der Waals surface area (Å²) in [6, 6.07) is 13.8. The van der Waals surface area contributed by atoms with Crippen molar-refractivity contribution in [2.24, 2.45) is 0 Å². The highest BCUT2D eigenvalue weighted by atomic mass is 19.4. The van der Waals surface area contributed by atoms with Crippen molar-refractivity contribution < 1.29 is 37.2 Å². The number of carbonyl (C=O) groups is 1. The summed E-state index contributed by atoms with van der Waals surface area (Å²) in [6.07, 6.45) is -5.21. The molecule has 0 bridgehead atoms. The summed E-state index contributed by atoms with van der Waals surface area (Å²) in [4.78, 5) is 16.3. The average Bonchev–Trinajstić information content (AvgIpc) is 3.51. The minimum Gasteiger partial charge on any atom is -0.390 e. The first-order valence-corrected chi connectivity index (χ1v) is 11.4. The Hall–Kier alpha value is -3.83. The molecule has 37 heavy (non-hydrogen) atoms. The van der Waals surface area contributed by atoms with Gasteiger partial charge in [-0.15, -0.1) is 0 Å². The number of nitrogens with zero attached hydrogens (tertiary/aromatic N) is 3. The minimum absolute atomic E-state index is 0.0154. The van der Waals surface area contributed by atoms with Gasteiger partial charge in [0.1, 0.15) is 17.4 Å². The van der Waals surface area contributed by atoms with E-state index in [0.29, 0.717) is 24.0 Å². The van der Waals surface area contributed by atoms with Gasteiger partial charge in [0.05, 0.1) is 5.60 Å². The van der Waals surface area contributed by atoms with E-state index in [9.17, 15) is 28.2 Å². The van der Waals surface area contributed by atoms with Crippen LogP contribution in [0.25, 0.3) is 34.3 Å². The molecule has 2 N–H and O–H groups in total. The first kappa shape index (κ1) is 26.2. The molecule has 194 valence electrons. The van der Waals surface area contributed by atoms with E-state index in [0.717, 1.165) is 0 Å². The van der Waals surface area contributed by atoms with Crippen LogP contribution in [0.2, 0.25) is 0 Å². The Kier molecular flexibility index (Phi) is 7.28. The molecular weight excluding hydrogens is 491 g/mol. The predicted octanol–water partition coefficient (Wildman–Crippen LogP) is 5.62. The number of halogens is 3. The highest BCUT2D eigenvalue weighted by Crippen LogP contribution is 2.43. The number of aliphatic hydroxyl groups is 2. The molecular formula is C26H24F3N3O5. The van der Waals surface area contributed by atoms with Crippen molar-refractivity contribution in [2.75, 3.05) is 0 Å². The van der Waals surface area contributed by atoms with Gasteiger partial charge in [0.2, 0.25) is 11.6 Å². The number of alkyl halides is 3. The first-order chi connectivity index (χ1) is 17.4. The summed E-state index contributed by atoms with van der Waals surface area (Å²) in [5.41, 5.74) is -1.48. The van der Waals surface area contributed by atoms with Gasteiger partial charge >= 0.3 is 6.18 Å². The van der Waals surface area contributed by atoms with Crippen molar-refractivity contribution in [3.8, 4) is 34.3 Å². The van der Waals surface area contributed by atoms with Crippen LogP contribution in [0.1, 0.15) is 50.3 Å². The maximum absolute atomic E-state index is 13.9. The van der Waals surface area contributed by atoms with Crippen LogP contribution in [0.4, 0.5) is 13.2 Å². The molecule has 4 aromatic rings. The molecule has 0 saturated heterocycles. The number of carbonyl (C=O) groups excluding carboxylic acids is 1. The van der Waals surface area contributed by atoms with Crippen molar-refractivity contribution in [3.05, 3.63) is 65.7 Å². The van der Waals surface area contributed by atoms with Crippen LogP contribution in [0.3, 0.4) is 0 Å². The number of Topliss-reactive ketones (excluding diaryl/α,β-unsaturated/α-hetero) is 1. The van der Waals surface area contributed by atoms with Crippen LogP contribution < -0.4 is 0 Å². The number of rotatable bonds is 9. The fraction of sp³-hybridized carbons (Fsp3) is 0.308. The van der Waals surface area contributed by atoms with Crippen molar-refractivity contribution in [1.82, 2.24) is 15.3 Å². The van der Waals surface area contributed by atoms with Gasteiger partial charge in [0, 0.05) is 17.5 Å². The summed E-state index contributed by atoms with van der Waals surface area (Å²) < 4.78 is 51.8. The molecule has 1 atom stereocenters. The Morgan fingerprint density at radius 3 is 2.27 bits per heavy atom. The van der Waals surface area contributed by atoms with Crippen molar-refractivity contribution in [1.29, 1.82) is 0 Å². The summed E-state index contributed by atoms with van der Waals surface area (Å²) in [7, 11) is 0. The lowest BCUT2D eigenvalue weighted by molar-refractivity contribution is -0.137. The monoisotopic (exact) mass is 515 g/mol. The highest BCUT2D eigenvalue weighted by molar-refractivity contribution is 5.84. The van der Waals surface area contributed by atoms with E-state index >= 15 is 0 Å². The van der Waals surface area contributed by atoms with Gasteiger partial charge in [-0.2, -0.15) is 18.2 Å². The smallest absolute Gasteiger partial charge is 0.390 e. The van der Waals surface area contributed by atoms with Crippen LogP contribution in [0, 0.1) is 0 Å². The zero-order chi connectivity index (χ0) is 26.8. The first-order valence-electron chi connectivity index (χ1n) is 11.4. The summed E-state index contributed by atoms with van der Waals surface area (Å²) in [5.74, 6) is -1.60. The molecule has 2 aromatic carbocycles. The number of aromatic nitrogens is 3. The van der Waals surface area contributed by atoms with Gasteiger partial charge in [-0.05, 0) is 32.3 Å². The van der Waals surface area contributed by atoms with Gasteiger partial charge < -0.3 is 19.3 Å². The Morgan fingerprint density at radius 1 is 0.973 bits per heavy atom. The maximum atomic E-state index is 13.9. The molecule has 0 saturated carbocycles. The second-order valence-corrected chi connectivity index (χ2v) is 9.18. The third-order valence-electron chi connectivity index (χ3n) is 5.64. The number of benzene rings is 2. The maximum Gasteiger partial charge on any atom is 0.422 e. The van der Waals surface area contributed by atoms with Crippen LogP contribution >= 0.6 is 0 Å². The molecule has 0 aliphatic rings. The third kappa shape index (κ3) is 6.12. The molecule has 0 spiro atoms. The van der Waals surface area contributed by atoms with Crippen LogP contribution in [-0.2, 0) is 11.0 Å². The summed E-state index contributed by atoms with van der Waals surface area (Å²) >= 11 is 0. The van der Waals surface area contributed by atoms with E-state index in [1.165, 1.54) is 36.4 Å². The molecule has 2 aromatic heterocycles. The van der Waals surface area contributed by atoms with E-state index in [2.05, 4.69) is 15.3 Å². The van der Waals surface area contributed by atoms with Gasteiger partial charge in [-0.3, -0.25) is 4.79 Å². The fourth-order valence-corrected chi connectivity index (χ4v) is 3.76. The van der Waals surface area contributed by atoms with Crippen LogP contribution in [-0.4, -0.2) is 36.9 Å². The number of aliphatic hydroxyl groups excluding tert-OH is 1. The Morgan fingerprint density at radius 2 is 1.65 bits per heavy atom. The summed E-state index contributed by atoms with van der Waals surface area (Å²) in [6.45, 7) is 3.29. The van der Waals surface area contributed by atoms with E-state index in [4.69, 9.17) is 9.05 Å². The van der Waals surface area contributed by atoms with E-state index in [1.54, 1.807) is 32.0 Å². The normalized spacial score (nSPS) is 13.1. The van der Waals surface area contributed by atoms with Crippen LogP contribution in [0.5, 0.6) is 0 Å². The van der Waals surface area contributed by atoms with E-state index < -0.39 is 46.6 Å². The highest BCUT2D eigenvalue weighted by Gasteiger charge is 2.43. The van der Waals surface area contributed by atoms with Crippen molar-refractivity contribution in [2.45, 2.75) is 51.0 Å². The second kappa shape index (κ2) is 10.3. The summed E-state index contributed by atoms with van der Waals surface area (Å²) in [5, 5.41) is 27.4. The lowest BCUT2D eigenvalue weighted by Gasteiger charge is -2.17. The number of hydrogen-bond acceptors (Lipinski definition) is 8. The Balaban J connectivity index is 1.54. The molecule has 11 heteroatoms. The van der Waals surface area contributed by atoms with Crippen molar-refractivity contribution >= 4 is 5.78 Å². The van der Waals surface area contributed by atoms with Crippen molar-refractivity contribution in [3.63, 3.8) is 0 Å². The molecule has 0 amide bonds.